The molecule has 2 N–H and O–H groups in total. The summed E-state index contributed by atoms with van der Waals surface area (Å²) in [4.78, 5) is 64.2. The van der Waals surface area contributed by atoms with Crippen LogP contribution >= 0.6 is 22.9 Å². The molecular weight excluding hydrogens is 809 g/mol. The number of carbonyl (C=O) groups excluding carboxylic acids is 3. The number of anilines is 2. The maximum absolute atomic E-state index is 13.5. The molecule has 59 heavy (non-hydrogen) atoms. The number of rotatable bonds is 9. The van der Waals surface area contributed by atoms with Crippen molar-refractivity contribution in [2.24, 2.45) is 13.0 Å². The zero-order valence-corrected chi connectivity index (χ0v) is 34.3. The number of aromatic nitrogens is 4. The Bertz CT molecular complexity index is 2500. The van der Waals surface area contributed by atoms with Gasteiger partial charge in [-0.3, -0.25) is 28.8 Å². The number of imidazole rings is 1. The fraction of sp³-hybridized carbons (Fsp3) is 0.463. The van der Waals surface area contributed by atoms with Gasteiger partial charge in [-0.15, -0.1) is 11.3 Å². The van der Waals surface area contributed by atoms with Crippen molar-refractivity contribution in [2.75, 3.05) is 44.0 Å². The number of piperidine rings is 2. The fourth-order valence-electron chi connectivity index (χ4n) is 8.96. The molecule has 2 saturated heterocycles. The summed E-state index contributed by atoms with van der Waals surface area (Å²) in [6, 6.07) is 9.87. The number of aryl methyl sites for hydroxylation is 1. The Hall–Kier alpha value is -5.00. The van der Waals surface area contributed by atoms with Crippen LogP contribution < -0.4 is 26.0 Å². The Balaban J connectivity index is 0.876. The average Bonchev–Trinajstić information content (AvgIpc) is 3.74. The molecule has 3 amide bonds. The summed E-state index contributed by atoms with van der Waals surface area (Å²) in [5.41, 5.74) is 1.33. The van der Waals surface area contributed by atoms with E-state index >= 15 is 0 Å². The van der Waals surface area contributed by atoms with Crippen LogP contribution in [0.25, 0.3) is 21.3 Å². The number of thiazole rings is 1. The van der Waals surface area contributed by atoms with Gasteiger partial charge in [-0.25, -0.2) is 14.8 Å². The van der Waals surface area contributed by atoms with Gasteiger partial charge in [-0.2, -0.15) is 13.2 Å². The number of halogens is 4. The Morgan fingerprint density at radius 2 is 1.78 bits per heavy atom. The Morgan fingerprint density at radius 1 is 1.03 bits per heavy atom. The van der Waals surface area contributed by atoms with Crippen molar-refractivity contribution in [3.05, 3.63) is 74.4 Å². The summed E-state index contributed by atoms with van der Waals surface area (Å²) >= 11 is 8.39. The molecule has 2 aliphatic heterocycles. The zero-order valence-electron chi connectivity index (χ0n) is 32.8. The summed E-state index contributed by atoms with van der Waals surface area (Å²) in [7, 11) is 5.35. The number of alkyl halides is 3. The molecule has 1 unspecified atom stereocenters. The predicted octanol–water partition coefficient (Wildman–Crippen LogP) is 7.13. The number of carbonyl (C=O) groups is 3. The van der Waals surface area contributed by atoms with Crippen LogP contribution in [0.2, 0.25) is 5.02 Å². The molecule has 3 aliphatic rings. The number of hydrogen-bond acceptors (Lipinski definition) is 10. The second-order valence-corrected chi connectivity index (χ2v) is 17.2. The summed E-state index contributed by atoms with van der Waals surface area (Å²) in [6.07, 6.45) is 1.74. The van der Waals surface area contributed by atoms with Crippen molar-refractivity contribution >= 4 is 73.3 Å². The third-order valence-corrected chi connectivity index (χ3v) is 13.6. The molecule has 0 bridgehead atoms. The first-order valence-electron chi connectivity index (χ1n) is 19.7. The zero-order chi connectivity index (χ0) is 41.7. The molecule has 0 radical (unpaired) electrons. The molecule has 3 fully saturated rings. The van der Waals surface area contributed by atoms with E-state index in [2.05, 4.69) is 32.5 Å². The van der Waals surface area contributed by atoms with Gasteiger partial charge in [0, 0.05) is 51.1 Å². The largest absolute Gasteiger partial charge is 0.494 e. The van der Waals surface area contributed by atoms with Crippen LogP contribution in [0, 0.1) is 5.92 Å². The minimum atomic E-state index is -4.67. The van der Waals surface area contributed by atoms with Crippen LogP contribution in [0.3, 0.4) is 0 Å². The maximum atomic E-state index is 13.5. The summed E-state index contributed by atoms with van der Waals surface area (Å²) in [5.74, 6) is -0.394. The molecule has 312 valence electrons. The number of nitrogens with one attached hydrogen (secondary N) is 2. The van der Waals surface area contributed by atoms with Gasteiger partial charge < -0.3 is 19.9 Å². The maximum Gasteiger partial charge on any atom is 0.433 e. The van der Waals surface area contributed by atoms with Crippen molar-refractivity contribution in [1.82, 2.24) is 29.3 Å². The molecule has 8 rings (SSSR count). The summed E-state index contributed by atoms with van der Waals surface area (Å²) in [6.45, 7) is 2.50. The molecule has 5 aromatic rings. The SMILES string of the molecule is COc1cc2nc(C3CCC(CN(C)C4CCN(c5c(Cl)ccc6c5n(C)c(=O)n6C5CCC(=O)NC5=O)CC4)CC3)sc2cc1NC(=O)c1cccc(C(F)(F)F)n1. The minimum absolute atomic E-state index is 0.172. The van der Waals surface area contributed by atoms with Crippen molar-refractivity contribution in [3.8, 4) is 5.75 Å². The van der Waals surface area contributed by atoms with Crippen LogP contribution in [0.4, 0.5) is 24.5 Å². The van der Waals surface area contributed by atoms with Gasteiger partial charge in [0.2, 0.25) is 11.8 Å². The van der Waals surface area contributed by atoms with E-state index in [1.165, 1.54) is 17.7 Å². The number of imide groups is 1. The molecule has 1 saturated carbocycles. The van der Waals surface area contributed by atoms with Gasteiger partial charge in [0.25, 0.3) is 5.91 Å². The van der Waals surface area contributed by atoms with E-state index in [-0.39, 0.29) is 30.1 Å². The summed E-state index contributed by atoms with van der Waals surface area (Å²) in [5, 5.41) is 6.59. The van der Waals surface area contributed by atoms with Crippen molar-refractivity contribution in [2.45, 2.75) is 75.5 Å². The van der Waals surface area contributed by atoms with E-state index in [4.69, 9.17) is 21.3 Å². The molecule has 13 nitrogen and oxygen atoms in total. The van der Waals surface area contributed by atoms with E-state index in [0.717, 1.165) is 91.2 Å². The van der Waals surface area contributed by atoms with Crippen LogP contribution in [0.15, 0.2) is 47.3 Å². The Labute approximate surface area is 346 Å². The van der Waals surface area contributed by atoms with Gasteiger partial charge in [-0.05, 0) is 88.2 Å². The van der Waals surface area contributed by atoms with Crippen LogP contribution in [0.1, 0.15) is 84.5 Å². The number of ether oxygens (including phenoxy) is 1. The van der Waals surface area contributed by atoms with Gasteiger partial charge in [0.15, 0.2) is 0 Å². The first-order chi connectivity index (χ1) is 28.2. The van der Waals surface area contributed by atoms with Crippen molar-refractivity contribution < 1.29 is 32.3 Å². The number of pyridine rings is 1. The number of methoxy groups -OCH3 is 1. The monoisotopic (exact) mass is 852 g/mol. The minimum Gasteiger partial charge on any atom is -0.494 e. The van der Waals surface area contributed by atoms with Crippen LogP contribution in [-0.4, -0.2) is 81.6 Å². The molecule has 18 heteroatoms. The number of fused-ring (bicyclic) bond motifs is 2. The lowest BCUT2D eigenvalue weighted by Crippen LogP contribution is -2.45. The number of nitrogens with zero attached hydrogens (tertiary/aromatic N) is 6. The summed E-state index contributed by atoms with van der Waals surface area (Å²) < 4.78 is 49.0. The highest BCUT2D eigenvalue weighted by atomic mass is 35.5. The first-order valence-corrected chi connectivity index (χ1v) is 20.9. The standard InChI is InChI=1S/C41H44ClF3N8O5S/c1-50(24-15-17-52(18-16-24)35-25(42)11-12-29-36(35)51(2)40(57)53(29)30-13-14-34(54)49-38(30)56)21-22-7-9-23(10-8-22)39-48-28-19-31(58-3)27(20-32(28)59-39)47-37(55)26-5-4-6-33(46-26)41(43,44)45/h4-6,11-12,19-20,22-24,30H,7-10,13-18,21H2,1-3H3,(H,47,55)(H,49,54,56). The molecule has 3 aromatic heterocycles. The highest BCUT2D eigenvalue weighted by Crippen LogP contribution is 2.42. The van der Waals surface area contributed by atoms with E-state index in [0.29, 0.717) is 45.4 Å². The van der Waals surface area contributed by atoms with Gasteiger partial charge in [-0.1, -0.05) is 17.7 Å². The molecule has 0 spiro atoms. The lowest BCUT2D eigenvalue weighted by Gasteiger charge is -2.40. The number of benzene rings is 2. The van der Waals surface area contributed by atoms with Crippen LogP contribution in [-0.2, 0) is 22.8 Å². The Morgan fingerprint density at radius 3 is 2.47 bits per heavy atom. The van der Waals surface area contributed by atoms with Gasteiger partial charge >= 0.3 is 11.9 Å². The Kier molecular flexibility index (Phi) is 11.2. The third-order valence-electron chi connectivity index (χ3n) is 12.1. The van der Waals surface area contributed by atoms with Gasteiger partial charge in [0.05, 0.1) is 49.8 Å². The normalized spacial score (nSPS) is 20.7. The second kappa shape index (κ2) is 16.2. The molecule has 2 aromatic carbocycles. The van der Waals surface area contributed by atoms with E-state index in [1.807, 2.05) is 0 Å². The van der Waals surface area contributed by atoms with Gasteiger partial charge in [0.1, 0.15) is 23.2 Å². The van der Waals surface area contributed by atoms with E-state index < -0.39 is 29.7 Å². The highest BCUT2D eigenvalue weighted by molar-refractivity contribution is 7.18. The molecular formula is C41H44ClF3N8O5S. The smallest absolute Gasteiger partial charge is 0.433 e. The first kappa shape index (κ1) is 40.8. The molecule has 1 atom stereocenters. The van der Waals surface area contributed by atoms with E-state index in [1.54, 1.807) is 47.2 Å². The highest BCUT2D eigenvalue weighted by Gasteiger charge is 2.35. The third kappa shape index (κ3) is 8.03. The molecule has 5 heterocycles. The number of amides is 3. The average molecular weight is 853 g/mol. The fourth-order valence-corrected chi connectivity index (χ4v) is 10.4. The molecule has 1 aliphatic carbocycles. The quantitative estimate of drug-likeness (QED) is 0.148. The second-order valence-electron chi connectivity index (χ2n) is 15.7. The lowest BCUT2D eigenvalue weighted by atomic mass is 9.82. The lowest BCUT2D eigenvalue weighted by molar-refractivity contribution is -0.141. The van der Waals surface area contributed by atoms with Crippen molar-refractivity contribution in [3.63, 3.8) is 0 Å². The van der Waals surface area contributed by atoms with Crippen LogP contribution in [0.5, 0.6) is 5.75 Å². The van der Waals surface area contributed by atoms with E-state index in [9.17, 15) is 32.3 Å². The van der Waals surface area contributed by atoms with Crippen molar-refractivity contribution in [1.29, 1.82) is 0 Å². The number of hydrogen-bond donors (Lipinski definition) is 2. The topological polar surface area (TPSA) is 144 Å². The predicted molar refractivity (Wildman–Crippen MR) is 220 cm³/mol.